The lowest BCUT2D eigenvalue weighted by Crippen LogP contribution is -2.02. The SMILES string of the molecule is O=C(O)c1c(S)c(S)c(-c2ccccc2)c2ccccc12. The Morgan fingerprint density at radius 1 is 0.810 bits per heavy atom. The number of rotatable bonds is 2. The third-order valence-corrected chi connectivity index (χ3v) is 4.51. The minimum atomic E-state index is -0.994. The average Bonchev–Trinajstić information content (AvgIpc) is 2.49. The van der Waals surface area contributed by atoms with Crippen molar-refractivity contribution in [3.05, 3.63) is 60.2 Å². The number of thiol groups is 2. The van der Waals surface area contributed by atoms with E-state index < -0.39 is 5.97 Å². The van der Waals surface area contributed by atoms with Gasteiger partial charge in [-0.15, -0.1) is 25.3 Å². The van der Waals surface area contributed by atoms with Gasteiger partial charge in [0, 0.05) is 15.4 Å². The van der Waals surface area contributed by atoms with Crippen LogP contribution in [0.3, 0.4) is 0 Å². The summed E-state index contributed by atoms with van der Waals surface area (Å²) in [6.45, 7) is 0. The third kappa shape index (κ3) is 2.30. The second-order valence-corrected chi connectivity index (χ2v) is 5.56. The summed E-state index contributed by atoms with van der Waals surface area (Å²) in [6.07, 6.45) is 0. The molecule has 3 rings (SSSR count). The van der Waals surface area contributed by atoms with Gasteiger partial charge in [0.1, 0.15) is 0 Å². The van der Waals surface area contributed by atoms with Gasteiger partial charge in [0.2, 0.25) is 0 Å². The van der Waals surface area contributed by atoms with Gasteiger partial charge in [-0.3, -0.25) is 0 Å². The smallest absolute Gasteiger partial charge is 0.337 e. The van der Waals surface area contributed by atoms with Gasteiger partial charge in [-0.2, -0.15) is 0 Å². The summed E-state index contributed by atoms with van der Waals surface area (Å²) in [5, 5.41) is 11.0. The van der Waals surface area contributed by atoms with Crippen molar-refractivity contribution in [3.8, 4) is 11.1 Å². The molecule has 0 heterocycles. The standard InChI is InChI=1S/C17H12O2S2/c18-17(19)14-12-9-5-4-8-11(12)13(15(20)16(14)21)10-6-2-1-3-7-10/h1-9,20-21H,(H,18,19). The van der Waals surface area contributed by atoms with E-state index in [0.717, 1.165) is 16.5 Å². The predicted molar refractivity (Wildman–Crippen MR) is 90.8 cm³/mol. The van der Waals surface area contributed by atoms with E-state index in [4.69, 9.17) is 0 Å². The molecule has 0 bridgehead atoms. The van der Waals surface area contributed by atoms with E-state index in [1.54, 1.807) is 6.07 Å². The molecule has 0 fully saturated rings. The fraction of sp³-hybridized carbons (Fsp3) is 0. The Balaban J connectivity index is 2.50. The van der Waals surface area contributed by atoms with Crippen molar-refractivity contribution in [1.82, 2.24) is 0 Å². The first-order valence-corrected chi connectivity index (χ1v) is 7.26. The van der Waals surface area contributed by atoms with Crippen LogP contribution in [-0.4, -0.2) is 11.1 Å². The zero-order valence-electron chi connectivity index (χ0n) is 10.9. The van der Waals surface area contributed by atoms with E-state index in [2.05, 4.69) is 25.3 Å². The van der Waals surface area contributed by atoms with E-state index in [1.165, 1.54) is 0 Å². The van der Waals surface area contributed by atoms with Gasteiger partial charge in [0.15, 0.2) is 0 Å². The topological polar surface area (TPSA) is 37.3 Å². The second-order valence-electron chi connectivity index (χ2n) is 4.66. The van der Waals surface area contributed by atoms with Crippen molar-refractivity contribution >= 4 is 42.0 Å². The van der Waals surface area contributed by atoms with Crippen LogP contribution in [0.4, 0.5) is 0 Å². The number of carboxylic acids is 1. The van der Waals surface area contributed by atoms with Crippen molar-refractivity contribution in [2.24, 2.45) is 0 Å². The Morgan fingerprint density at radius 2 is 1.38 bits per heavy atom. The Labute approximate surface area is 133 Å². The normalized spacial score (nSPS) is 10.8. The monoisotopic (exact) mass is 312 g/mol. The maximum absolute atomic E-state index is 11.6. The number of hydrogen-bond acceptors (Lipinski definition) is 3. The Hall–Kier alpha value is -1.91. The van der Waals surface area contributed by atoms with Gasteiger partial charge in [0.25, 0.3) is 0 Å². The lowest BCUT2D eigenvalue weighted by atomic mass is 9.94. The Kier molecular flexibility index (Phi) is 3.66. The van der Waals surface area contributed by atoms with E-state index in [0.29, 0.717) is 15.2 Å². The fourth-order valence-electron chi connectivity index (χ4n) is 2.52. The van der Waals surface area contributed by atoms with Gasteiger partial charge < -0.3 is 5.11 Å². The van der Waals surface area contributed by atoms with Crippen LogP contribution in [0.1, 0.15) is 10.4 Å². The lowest BCUT2D eigenvalue weighted by molar-refractivity contribution is 0.0695. The van der Waals surface area contributed by atoms with Crippen LogP contribution in [0.15, 0.2) is 64.4 Å². The zero-order chi connectivity index (χ0) is 15.0. The zero-order valence-corrected chi connectivity index (χ0v) is 12.7. The molecule has 0 aliphatic carbocycles. The Bertz CT molecular complexity index is 842. The van der Waals surface area contributed by atoms with Crippen LogP contribution >= 0.6 is 25.3 Å². The highest BCUT2D eigenvalue weighted by Gasteiger charge is 2.20. The van der Waals surface area contributed by atoms with Crippen molar-refractivity contribution < 1.29 is 9.90 Å². The molecular weight excluding hydrogens is 300 g/mol. The van der Waals surface area contributed by atoms with Crippen LogP contribution in [-0.2, 0) is 0 Å². The van der Waals surface area contributed by atoms with E-state index in [9.17, 15) is 9.90 Å². The molecule has 0 amide bonds. The van der Waals surface area contributed by atoms with E-state index >= 15 is 0 Å². The summed E-state index contributed by atoms with van der Waals surface area (Å²) in [4.78, 5) is 12.5. The maximum atomic E-state index is 11.6. The van der Waals surface area contributed by atoms with Gasteiger partial charge in [-0.1, -0.05) is 54.6 Å². The minimum absolute atomic E-state index is 0.193. The highest BCUT2D eigenvalue weighted by molar-refractivity contribution is 7.83. The number of aromatic carboxylic acids is 1. The second kappa shape index (κ2) is 5.47. The summed E-state index contributed by atoms with van der Waals surface area (Å²) in [7, 11) is 0. The molecule has 0 saturated heterocycles. The van der Waals surface area contributed by atoms with Crippen LogP contribution in [0, 0.1) is 0 Å². The summed E-state index contributed by atoms with van der Waals surface area (Å²) < 4.78 is 0. The molecular formula is C17H12O2S2. The molecule has 0 aromatic heterocycles. The molecule has 3 aromatic carbocycles. The van der Waals surface area contributed by atoms with Crippen molar-refractivity contribution in [2.45, 2.75) is 9.79 Å². The molecule has 0 radical (unpaired) electrons. The number of hydrogen-bond donors (Lipinski definition) is 3. The lowest BCUT2D eigenvalue weighted by Gasteiger charge is -2.15. The van der Waals surface area contributed by atoms with Crippen LogP contribution in [0.2, 0.25) is 0 Å². The van der Waals surface area contributed by atoms with Crippen molar-refractivity contribution in [1.29, 1.82) is 0 Å². The quantitative estimate of drug-likeness (QED) is 0.596. The molecule has 0 aliphatic heterocycles. The number of fused-ring (bicyclic) bond motifs is 1. The number of carboxylic acid groups (broad SMARTS) is 1. The van der Waals surface area contributed by atoms with Crippen molar-refractivity contribution in [3.63, 3.8) is 0 Å². The molecule has 0 spiro atoms. The molecule has 0 unspecified atom stereocenters. The summed E-state index contributed by atoms with van der Waals surface area (Å²) in [5.74, 6) is -0.994. The van der Waals surface area contributed by atoms with Crippen molar-refractivity contribution in [2.75, 3.05) is 0 Å². The van der Waals surface area contributed by atoms with Gasteiger partial charge >= 0.3 is 5.97 Å². The molecule has 21 heavy (non-hydrogen) atoms. The third-order valence-electron chi connectivity index (χ3n) is 3.44. The predicted octanol–water partition coefficient (Wildman–Crippen LogP) is 4.78. The molecule has 1 N–H and O–H groups in total. The summed E-state index contributed by atoms with van der Waals surface area (Å²) >= 11 is 8.91. The molecule has 0 atom stereocenters. The van der Waals surface area contributed by atoms with Gasteiger partial charge in [0.05, 0.1) is 5.56 Å². The minimum Gasteiger partial charge on any atom is -0.478 e. The molecule has 0 aliphatic rings. The highest BCUT2D eigenvalue weighted by atomic mass is 32.1. The van der Waals surface area contributed by atoms with Crippen LogP contribution < -0.4 is 0 Å². The first-order valence-electron chi connectivity index (χ1n) is 6.36. The molecule has 2 nitrogen and oxygen atoms in total. The largest absolute Gasteiger partial charge is 0.478 e. The number of benzene rings is 3. The Morgan fingerprint density at radius 3 is 2.00 bits per heavy atom. The van der Waals surface area contributed by atoms with Crippen LogP contribution in [0.5, 0.6) is 0 Å². The first-order chi connectivity index (χ1) is 10.1. The maximum Gasteiger partial charge on any atom is 0.337 e. The van der Waals surface area contributed by atoms with Gasteiger partial charge in [-0.25, -0.2) is 4.79 Å². The fourth-order valence-corrected chi connectivity index (χ4v) is 3.21. The summed E-state index contributed by atoms with van der Waals surface area (Å²) in [5.41, 5.74) is 2.09. The molecule has 0 saturated carbocycles. The molecule has 104 valence electrons. The van der Waals surface area contributed by atoms with Crippen LogP contribution in [0.25, 0.3) is 21.9 Å². The molecule has 3 aromatic rings. The molecule has 4 heteroatoms. The number of carbonyl (C=O) groups is 1. The first kappa shape index (κ1) is 14.0. The van der Waals surface area contributed by atoms with E-state index in [-0.39, 0.29) is 5.56 Å². The highest BCUT2D eigenvalue weighted by Crippen LogP contribution is 2.40. The average molecular weight is 312 g/mol. The summed E-state index contributed by atoms with van der Waals surface area (Å²) in [6, 6.07) is 17.2. The van der Waals surface area contributed by atoms with Gasteiger partial charge in [-0.05, 0) is 16.3 Å². The van der Waals surface area contributed by atoms with E-state index in [1.807, 2.05) is 48.5 Å².